The number of rotatable bonds is 6. The summed E-state index contributed by atoms with van der Waals surface area (Å²) < 4.78 is 0. The number of amides is 3. The van der Waals surface area contributed by atoms with Gasteiger partial charge in [-0.25, -0.2) is 4.79 Å². The number of nitrogens with zero attached hydrogens (tertiary/aromatic N) is 1. The Kier molecular flexibility index (Phi) is 6.48. The van der Waals surface area contributed by atoms with Crippen LogP contribution in [0, 0.1) is 0 Å². The van der Waals surface area contributed by atoms with E-state index in [1.165, 1.54) is 11.3 Å². The monoisotopic (exact) mass is 385 g/mol. The highest BCUT2D eigenvalue weighted by Crippen LogP contribution is 2.25. The predicted octanol–water partition coefficient (Wildman–Crippen LogP) is 3.81. The number of nitrogens with two attached hydrogens (primary N) is 1. The molecular formula is C16H17Cl2N3O2S. The van der Waals surface area contributed by atoms with Crippen molar-refractivity contribution < 1.29 is 9.59 Å². The van der Waals surface area contributed by atoms with E-state index in [1.807, 2.05) is 23.6 Å². The van der Waals surface area contributed by atoms with E-state index < -0.39 is 12.1 Å². The lowest BCUT2D eigenvalue weighted by molar-refractivity contribution is -0.130. The lowest BCUT2D eigenvalue weighted by Crippen LogP contribution is -2.36. The summed E-state index contributed by atoms with van der Waals surface area (Å²) in [6, 6.07) is 7.86. The molecule has 3 amide bonds. The van der Waals surface area contributed by atoms with Crippen molar-refractivity contribution in [3.05, 3.63) is 56.2 Å². The second-order valence-electron chi connectivity index (χ2n) is 5.28. The molecule has 2 aromatic rings. The van der Waals surface area contributed by atoms with Crippen LogP contribution >= 0.6 is 34.5 Å². The Balaban J connectivity index is 2.03. The number of hydrogen-bond donors (Lipinski definition) is 2. The molecule has 0 spiro atoms. The summed E-state index contributed by atoms with van der Waals surface area (Å²) in [5, 5.41) is 5.41. The predicted molar refractivity (Wildman–Crippen MR) is 97.3 cm³/mol. The quantitative estimate of drug-likeness (QED) is 0.792. The normalized spacial score (nSPS) is 11.8. The standard InChI is InChI=1S/C16H17Cl2N3O2S/c1-21(9-10-4-5-11(17)12(18)7-10)15(22)8-13(20-16(19)23)14-3-2-6-24-14/h2-7,13H,8-9H2,1H3,(H3,19,20,23)/t13-/m1/s1. The Labute approximate surface area is 154 Å². The third kappa shape index (κ3) is 5.12. The summed E-state index contributed by atoms with van der Waals surface area (Å²) in [6.45, 7) is 0.392. The lowest BCUT2D eigenvalue weighted by atomic mass is 10.1. The van der Waals surface area contributed by atoms with Crippen molar-refractivity contribution in [3.63, 3.8) is 0 Å². The molecule has 0 unspecified atom stereocenters. The second-order valence-corrected chi connectivity index (χ2v) is 7.07. The van der Waals surface area contributed by atoms with E-state index in [1.54, 1.807) is 24.1 Å². The molecule has 0 radical (unpaired) electrons. The average Bonchev–Trinajstić information content (AvgIpc) is 3.04. The highest BCUT2D eigenvalue weighted by atomic mass is 35.5. The van der Waals surface area contributed by atoms with Gasteiger partial charge in [0.05, 0.1) is 22.5 Å². The number of carbonyl (C=O) groups is 2. The van der Waals surface area contributed by atoms with Gasteiger partial charge in [-0.15, -0.1) is 11.3 Å². The molecule has 128 valence electrons. The number of benzene rings is 1. The van der Waals surface area contributed by atoms with Crippen LogP contribution in [0.1, 0.15) is 22.9 Å². The van der Waals surface area contributed by atoms with Gasteiger partial charge >= 0.3 is 6.03 Å². The molecule has 5 nitrogen and oxygen atoms in total. The Morgan fingerprint density at radius 1 is 1.29 bits per heavy atom. The fourth-order valence-electron chi connectivity index (χ4n) is 2.21. The summed E-state index contributed by atoms with van der Waals surface area (Å²) in [7, 11) is 1.70. The van der Waals surface area contributed by atoms with Gasteiger partial charge in [0.15, 0.2) is 0 Å². The highest BCUT2D eigenvalue weighted by Gasteiger charge is 2.20. The molecule has 0 bridgehead atoms. The van der Waals surface area contributed by atoms with E-state index in [2.05, 4.69) is 5.32 Å². The molecule has 0 saturated heterocycles. The van der Waals surface area contributed by atoms with Crippen LogP contribution in [0.3, 0.4) is 0 Å². The molecule has 0 aliphatic rings. The van der Waals surface area contributed by atoms with Crippen molar-refractivity contribution in [2.24, 2.45) is 5.73 Å². The SMILES string of the molecule is CN(Cc1ccc(Cl)c(Cl)c1)C(=O)C[C@@H](NC(N)=O)c1cccs1. The maximum absolute atomic E-state index is 12.5. The Morgan fingerprint density at radius 2 is 2.04 bits per heavy atom. The van der Waals surface area contributed by atoms with Gasteiger partial charge in [-0.1, -0.05) is 35.3 Å². The van der Waals surface area contributed by atoms with E-state index in [4.69, 9.17) is 28.9 Å². The van der Waals surface area contributed by atoms with E-state index >= 15 is 0 Å². The van der Waals surface area contributed by atoms with E-state index in [9.17, 15) is 9.59 Å². The second kappa shape index (κ2) is 8.37. The summed E-state index contributed by atoms with van der Waals surface area (Å²) in [4.78, 5) is 26.1. The van der Waals surface area contributed by atoms with Gasteiger partial charge in [0.1, 0.15) is 0 Å². The van der Waals surface area contributed by atoms with Gasteiger partial charge in [0, 0.05) is 18.5 Å². The number of primary amides is 1. The first-order valence-electron chi connectivity index (χ1n) is 7.14. The van der Waals surface area contributed by atoms with Gasteiger partial charge in [-0.3, -0.25) is 4.79 Å². The maximum Gasteiger partial charge on any atom is 0.312 e. The first-order chi connectivity index (χ1) is 11.4. The van der Waals surface area contributed by atoms with Crippen molar-refractivity contribution in [1.82, 2.24) is 10.2 Å². The Bertz CT molecular complexity index is 722. The van der Waals surface area contributed by atoms with E-state index in [0.717, 1.165) is 10.4 Å². The molecule has 1 atom stereocenters. The third-order valence-electron chi connectivity index (χ3n) is 3.41. The summed E-state index contributed by atoms with van der Waals surface area (Å²) in [5.74, 6) is -0.117. The number of halogens is 2. The molecule has 24 heavy (non-hydrogen) atoms. The van der Waals surface area contributed by atoms with Crippen LogP contribution in [0.25, 0.3) is 0 Å². The fraction of sp³-hybridized carbons (Fsp3) is 0.250. The summed E-state index contributed by atoms with van der Waals surface area (Å²) in [6.07, 6.45) is 0.126. The van der Waals surface area contributed by atoms with Crippen molar-refractivity contribution in [2.45, 2.75) is 19.0 Å². The molecule has 1 aromatic carbocycles. The zero-order valence-corrected chi connectivity index (χ0v) is 15.3. The van der Waals surface area contributed by atoms with Gasteiger partial charge in [-0.2, -0.15) is 0 Å². The van der Waals surface area contributed by atoms with Crippen LogP contribution in [-0.4, -0.2) is 23.9 Å². The Hall–Kier alpha value is -1.76. The molecule has 1 aromatic heterocycles. The molecule has 0 aliphatic heterocycles. The van der Waals surface area contributed by atoms with Crippen LogP contribution in [-0.2, 0) is 11.3 Å². The number of urea groups is 1. The van der Waals surface area contributed by atoms with Crippen molar-refractivity contribution >= 4 is 46.5 Å². The van der Waals surface area contributed by atoms with E-state index in [0.29, 0.717) is 16.6 Å². The average molecular weight is 386 g/mol. The lowest BCUT2D eigenvalue weighted by Gasteiger charge is -2.21. The molecule has 0 saturated carbocycles. The van der Waals surface area contributed by atoms with Crippen LogP contribution in [0.2, 0.25) is 10.0 Å². The zero-order valence-electron chi connectivity index (χ0n) is 13.0. The number of thiophene rings is 1. The molecule has 2 rings (SSSR count). The molecule has 1 heterocycles. The minimum Gasteiger partial charge on any atom is -0.352 e. The van der Waals surface area contributed by atoms with Gasteiger partial charge in [0.2, 0.25) is 5.91 Å². The topological polar surface area (TPSA) is 75.4 Å². The molecular weight excluding hydrogens is 369 g/mol. The minimum atomic E-state index is -0.659. The van der Waals surface area contributed by atoms with Gasteiger partial charge in [0.25, 0.3) is 0 Å². The van der Waals surface area contributed by atoms with Crippen molar-refractivity contribution in [3.8, 4) is 0 Å². The smallest absolute Gasteiger partial charge is 0.312 e. The third-order valence-corrected chi connectivity index (χ3v) is 5.14. The summed E-state index contributed by atoms with van der Waals surface area (Å²) >= 11 is 13.3. The van der Waals surface area contributed by atoms with Gasteiger partial charge < -0.3 is 16.0 Å². The minimum absolute atomic E-state index is 0.117. The number of hydrogen-bond acceptors (Lipinski definition) is 3. The van der Waals surface area contributed by atoms with Gasteiger partial charge in [-0.05, 0) is 29.1 Å². The first-order valence-corrected chi connectivity index (χ1v) is 8.77. The molecule has 0 fully saturated rings. The number of nitrogens with one attached hydrogen (secondary N) is 1. The van der Waals surface area contributed by atoms with Crippen LogP contribution in [0.15, 0.2) is 35.7 Å². The van der Waals surface area contributed by atoms with Crippen LogP contribution < -0.4 is 11.1 Å². The van der Waals surface area contributed by atoms with Crippen LogP contribution in [0.5, 0.6) is 0 Å². The van der Waals surface area contributed by atoms with Crippen LogP contribution in [0.4, 0.5) is 4.79 Å². The van der Waals surface area contributed by atoms with Crippen molar-refractivity contribution in [2.75, 3.05) is 7.05 Å². The molecule has 3 N–H and O–H groups in total. The highest BCUT2D eigenvalue weighted by molar-refractivity contribution is 7.10. The molecule has 0 aliphatic carbocycles. The zero-order chi connectivity index (χ0) is 17.7. The molecule has 8 heteroatoms. The maximum atomic E-state index is 12.5. The van der Waals surface area contributed by atoms with Crippen molar-refractivity contribution in [1.29, 1.82) is 0 Å². The Morgan fingerprint density at radius 3 is 2.62 bits per heavy atom. The number of carbonyl (C=O) groups excluding carboxylic acids is 2. The van der Waals surface area contributed by atoms with E-state index in [-0.39, 0.29) is 12.3 Å². The first kappa shape index (κ1) is 18.6. The summed E-state index contributed by atoms with van der Waals surface area (Å²) in [5.41, 5.74) is 6.08. The largest absolute Gasteiger partial charge is 0.352 e. The fourth-order valence-corrected chi connectivity index (χ4v) is 3.31.